The molecule has 1 saturated heterocycles. The van der Waals surface area contributed by atoms with E-state index >= 15 is 0 Å². The Morgan fingerprint density at radius 2 is 1.71 bits per heavy atom. The molecule has 5 nitrogen and oxygen atoms in total. The summed E-state index contributed by atoms with van der Waals surface area (Å²) in [6.07, 6.45) is 7.51. The predicted molar refractivity (Wildman–Crippen MR) is 138 cm³/mol. The fourth-order valence-corrected chi connectivity index (χ4v) is 5.54. The quantitative estimate of drug-likeness (QED) is 0.348. The number of nitrogens with zero attached hydrogens (tertiary/aromatic N) is 2. The Kier molecular flexibility index (Phi) is 7.03. The molecule has 1 amide bonds. The maximum Gasteiger partial charge on any atom is 0.310 e. The van der Waals surface area contributed by atoms with Crippen molar-refractivity contribution in [1.29, 1.82) is 0 Å². The molecule has 0 unspecified atom stereocenters. The summed E-state index contributed by atoms with van der Waals surface area (Å²) in [7, 11) is 0. The minimum Gasteiger partial charge on any atom is -0.466 e. The molecule has 1 aliphatic heterocycles. The number of esters is 1. The van der Waals surface area contributed by atoms with Gasteiger partial charge in [-0.1, -0.05) is 36.8 Å². The smallest absolute Gasteiger partial charge is 0.310 e. The molecule has 182 valence electrons. The molecular formula is C30H34N2O3. The maximum absolute atomic E-state index is 13.3. The Labute approximate surface area is 207 Å². The first-order chi connectivity index (χ1) is 17.2. The highest BCUT2D eigenvalue weighted by atomic mass is 16.5. The number of carbonyl (C=O) groups is 2. The van der Waals surface area contributed by atoms with Gasteiger partial charge in [-0.05, 0) is 86.9 Å². The van der Waals surface area contributed by atoms with Crippen molar-refractivity contribution in [3.63, 3.8) is 0 Å². The van der Waals surface area contributed by atoms with Crippen LogP contribution in [0.2, 0.25) is 0 Å². The zero-order chi connectivity index (χ0) is 24.2. The molecule has 0 radical (unpaired) electrons. The fraction of sp³-hybridized carbons (Fsp3) is 0.400. The number of rotatable bonds is 5. The monoisotopic (exact) mass is 470 g/mol. The van der Waals surface area contributed by atoms with Gasteiger partial charge < -0.3 is 14.2 Å². The SMILES string of the molecule is CCOC(=O)[C@H]1CCCN(C(=O)c2ccc(-n3c(-c4ccccc4)cc4c3CCCCC4)cc2)C1. The summed E-state index contributed by atoms with van der Waals surface area (Å²) in [6.45, 7) is 3.30. The summed E-state index contributed by atoms with van der Waals surface area (Å²) in [6, 6.07) is 20.9. The summed E-state index contributed by atoms with van der Waals surface area (Å²) < 4.78 is 7.59. The molecule has 1 aliphatic carbocycles. The van der Waals surface area contributed by atoms with Gasteiger partial charge in [0.2, 0.25) is 0 Å². The average molecular weight is 471 g/mol. The van der Waals surface area contributed by atoms with Crippen LogP contribution in [0.5, 0.6) is 0 Å². The van der Waals surface area contributed by atoms with E-state index in [1.165, 1.54) is 41.8 Å². The zero-order valence-electron chi connectivity index (χ0n) is 20.5. The molecule has 1 atom stereocenters. The minimum atomic E-state index is -0.226. The summed E-state index contributed by atoms with van der Waals surface area (Å²) in [5.74, 6) is -0.432. The number of aromatic nitrogens is 1. The normalized spacial score (nSPS) is 18.0. The molecule has 2 aliphatic rings. The molecule has 5 rings (SSSR count). The Balaban J connectivity index is 1.42. The van der Waals surface area contributed by atoms with E-state index in [0.29, 0.717) is 25.3 Å². The topological polar surface area (TPSA) is 51.5 Å². The van der Waals surface area contributed by atoms with E-state index in [1.54, 1.807) is 4.90 Å². The predicted octanol–water partition coefficient (Wildman–Crippen LogP) is 5.83. The van der Waals surface area contributed by atoms with Crippen LogP contribution in [0.3, 0.4) is 0 Å². The Bertz CT molecular complexity index is 1180. The molecule has 1 aromatic heterocycles. The highest BCUT2D eigenvalue weighted by Gasteiger charge is 2.30. The molecule has 0 bridgehead atoms. The molecule has 35 heavy (non-hydrogen) atoms. The van der Waals surface area contributed by atoms with Crippen molar-refractivity contribution in [2.75, 3.05) is 19.7 Å². The number of piperidine rings is 1. The lowest BCUT2D eigenvalue weighted by Crippen LogP contribution is -2.42. The van der Waals surface area contributed by atoms with Crippen molar-refractivity contribution in [1.82, 2.24) is 9.47 Å². The summed E-state index contributed by atoms with van der Waals surface area (Å²) in [4.78, 5) is 27.3. The number of amides is 1. The molecule has 2 aromatic carbocycles. The third-order valence-electron chi connectivity index (χ3n) is 7.32. The number of aryl methyl sites for hydroxylation is 1. The lowest BCUT2D eigenvalue weighted by Gasteiger charge is -2.31. The third-order valence-corrected chi connectivity index (χ3v) is 7.32. The van der Waals surface area contributed by atoms with Crippen LogP contribution in [-0.4, -0.2) is 41.0 Å². The van der Waals surface area contributed by atoms with Crippen molar-refractivity contribution in [2.24, 2.45) is 5.92 Å². The van der Waals surface area contributed by atoms with Crippen LogP contribution < -0.4 is 0 Å². The first-order valence-corrected chi connectivity index (χ1v) is 13.0. The number of ether oxygens (including phenoxy) is 1. The molecule has 5 heteroatoms. The van der Waals surface area contributed by atoms with Crippen molar-refractivity contribution in [3.05, 3.63) is 77.5 Å². The zero-order valence-corrected chi connectivity index (χ0v) is 20.5. The van der Waals surface area contributed by atoms with Gasteiger partial charge in [0, 0.05) is 30.0 Å². The summed E-state index contributed by atoms with van der Waals surface area (Å²) in [5, 5.41) is 0. The largest absolute Gasteiger partial charge is 0.466 e. The van der Waals surface area contributed by atoms with Gasteiger partial charge in [0.15, 0.2) is 0 Å². The van der Waals surface area contributed by atoms with Crippen molar-refractivity contribution < 1.29 is 14.3 Å². The van der Waals surface area contributed by atoms with Gasteiger partial charge in [0.05, 0.1) is 18.2 Å². The first kappa shape index (κ1) is 23.4. The Hall–Kier alpha value is -3.34. The Morgan fingerprint density at radius 3 is 2.49 bits per heavy atom. The van der Waals surface area contributed by atoms with Crippen molar-refractivity contribution in [2.45, 2.75) is 51.9 Å². The van der Waals surface area contributed by atoms with Crippen molar-refractivity contribution >= 4 is 11.9 Å². The minimum absolute atomic E-state index is 0.0137. The fourth-order valence-electron chi connectivity index (χ4n) is 5.54. The summed E-state index contributed by atoms with van der Waals surface area (Å²) in [5.41, 5.74) is 7.02. The lowest BCUT2D eigenvalue weighted by molar-refractivity contribution is -0.149. The van der Waals surface area contributed by atoms with Gasteiger partial charge in [-0.2, -0.15) is 0 Å². The Morgan fingerprint density at radius 1 is 0.943 bits per heavy atom. The number of benzene rings is 2. The number of fused-ring (bicyclic) bond motifs is 1. The second-order valence-electron chi connectivity index (χ2n) is 9.65. The molecular weight excluding hydrogens is 436 g/mol. The molecule has 2 heterocycles. The highest BCUT2D eigenvalue weighted by Crippen LogP contribution is 2.33. The summed E-state index contributed by atoms with van der Waals surface area (Å²) >= 11 is 0. The lowest BCUT2D eigenvalue weighted by atomic mass is 9.97. The van der Waals surface area contributed by atoms with Crippen LogP contribution in [0.15, 0.2) is 60.7 Å². The highest BCUT2D eigenvalue weighted by molar-refractivity contribution is 5.94. The first-order valence-electron chi connectivity index (χ1n) is 13.0. The second kappa shape index (κ2) is 10.5. The second-order valence-corrected chi connectivity index (χ2v) is 9.65. The molecule has 0 N–H and O–H groups in total. The van der Waals surface area contributed by atoms with Gasteiger partial charge >= 0.3 is 5.97 Å². The van der Waals surface area contributed by atoms with Crippen LogP contribution in [0.25, 0.3) is 16.9 Å². The number of carbonyl (C=O) groups excluding carboxylic acids is 2. The van der Waals surface area contributed by atoms with Gasteiger partial charge in [-0.15, -0.1) is 0 Å². The van der Waals surface area contributed by atoms with Gasteiger partial charge in [-0.3, -0.25) is 9.59 Å². The average Bonchev–Trinajstić information content (AvgIpc) is 3.11. The number of hydrogen-bond donors (Lipinski definition) is 0. The molecule has 0 saturated carbocycles. The third kappa shape index (κ3) is 4.90. The standard InChI is InChI=1S/C30H34N2O3/c1-2-35-30(34)25-13-9-19-31(21-25)29(33)23-15-17-26(18-16-23)32-27-14-8-4-7-12-24(27)20-28(32)22-10-5-3-6-11-22/h3,5-6,10-11,15-18,20,25H,2,4,7-9,12-14,19,21H2,1H3/t25-/m0/s1. The van der Waals surface area contributed by atoms with Crippen LogP contribution in [0.1, 0.15) is 60.6 Å². The van der Waals surface area contributed by atoms with E-state index in [9.17, 15) is 9.59 Å². The van der Waals surface area contributed by atoms with Crippen LogP contribution in [0.4, 0.5) is 0 Å². The van der Waals surface area contributed by atoms with E-state index in [-0.39, 0.29) is 17.8 Å². The van der Waals surface area contributed by atoms with E-state index < -0.39 is 0 Å². The molecule has 1 fully saturated rings. The van der Waals surface area contributed by atoms with Crippen molar-refractivity contribution in [3.8, 4) is 16.9 Å². The van der Waals surface area contributed by atoms with Gasteiger partial charge in [0.1, 0.15) is 0 Å². The van der Waals surface area contributed by atoms with E-state index in [0.717, 1.165) is 31.4 Å². The van der Waals surface area contributed by atoms with E-state index in [2.05, 4.69) is 53.1 Å². The van der Waals surface area contributed by atoms with Crippen LogP contribution in [-0.2, 0) is 22.4 Å². The van der Waals surface area contributed by atoms with E-state index in [4.69, 9.17) is 4.74 Å². The molecule has 0 spiro atoms. The number of hydrogen-bond acceptors (Lipinski definition) is 3. The maximum atomic E-state index is 13.3. The van der Waals surface area contributed by atoms with E-state index in [1.807, 2.05) is 19.1 Å². The van der Waals surface area contributed by atoms with Crippen LogP contribution in [0, 0.1) is 5.92 Å². The molecule has 3 aromatic rings. The number of likely N-dealkylation sites (tertiary alicyclic amines) is 1. The van der Waals surface area contributed by atoms with Gasteiger partial charge in [0.25, 0.3) is 5.91 Å². The van der Waals surface area contributed by atoms with Crippen LogP contribution >= 0.6 is 0 Å². The van der Waals surface area contributed by atoms with Gasteiger partial charge in [-0.25, -0.2) is 0 Å².